The standard InChI is InChI=1S/C14H26N2S/c1-17-14-5-3-2-4-13(14)16-11-6-7-12(16)9-10(15)8-11/h10-14H,2-9,15H2,1H3. The van der Waals surface area contributed by atoms with Crippen LogP contribution in [0.5, 0.6) is 0 Å². The number of hydrogen-bond acceptors (Lipinski definition) is 3. The predicted molar refractivity (Wildman–Crippen MR) is 75.4 cm³/mol. The second-order valence-corrected chi connectivity index (χ2v) is 7.27. The lowest BCUT2D eigenvalue weighted by molar-refractivity contribution is 0.0613. The van der Waals surface area contributed by atoms with Gasteiger partial charge in [0.25, 0.3) is 0 Å². The second-order valence-electron chi connectivity index (χ2n) is 6.19. The molecule has 2 saturated heterocycles. The molecule has 17 heavy (non-hydrogen) atoms. The summed E-state index contributed by atoms with van der Waals surface area (Å²) in [7, 11) is 0. The molecule has 0 radical (unpaired) electrons. The molecule has 2 nitrogen and oxygen atoms in total. The van der Waals surface area contributed by atoms with Gasteiger partial charge >= 0.3 is 0 Å². The van der Waals surface area contributed by atoms with Gasteiger partial charge in [0.15, 0.2) is 0 Å². The number of nitrogens with zero attached hydrogens (tertiary/aromatic N) is 1. The molecule has 4 atom stereocenters. The lowest BCUT2D eigenvalue weighted by atomic mass is 9.88. The molecule has 3 rings (SSSR count). The molecule has 1 saturated carbocycles. The molecule has 4 unspecified atom stereocenters. The molecule has 0 aromatic heterocycles. The van der Waals surface area contributed by atoms with E-state index in [4.69, 9.17) is 5.73 Å². The first kappa shape index (κ1) is 12.3. The van der Waals surface area contributed by atoms with Crippen molar-refractivity contribution in [1.29, 1.82) is 0 Å². The highest BCUT2D eigenvalue weighted by molar-refractivity contribution is 7.99. The Morgan fingerprint density at radius 2 is 1.65 bits per heavy atom. The van der Waals surface area contributed by atoms with Crippen LogP contribution in [-0.4, -0.2) is 40.6 Å². The Balaban J connectivity index is 1.74. The summed E-state index contributed by atoms with van der Waals surface area (Å²) < 4.78 is 0. The third kappa shape index (κ3) is 2.26. The summed E-state index contributed by atoms with van der Waals surface area (Å²) in [6, 6.07) is 2.99. The van der Waals surface area contributed by atoms with Crippen LogP contribution in [0.2, 0.25) is 0 Å². The van der Waals surface area contributed by atoms with Crippen LogP contribution in [0.25, 0.3) is 0 Å². The van der Waals surface area contributed by atoms with Crippen molar-refractivity contribution in [3.63, 3.8) is 0 Å². The number of thioether (sulfide) groups is 1. The molecule has 1 aliphatic carbocycles. The van der Waals surface area contributed by atoms with Crippen molar-refractivity contribution in [3.05, 3.63) is 0 Å². The lowest BCUT2D eigenvalue weighted by Crippen LogP contribution is -2.55. The van der Waals surface area contributed by atoms with Crippen molar-refractivity contribution in [1.82, 2.24) is 4.90 Å². The van der Waals surface area contributed by atoms with Gasteiger partial charge in [-0.3, -0.25) is 4.90 Å². The summed E-state index contributed by atoms with van der Waals surface area (Å²) in [5.74, 6) is 0. The molecule has 0 spiro atoms. The van der Waals surface area contributed by atoms with E-state index in [1.54, 1.807) is 0 Å². The SMILES string of the molecule is CSC1CCCCC1N1C2CCC1CC(N)C2. The van der Waals surface area contributed by atoms with Crippen LogP contribution in [0.3, 0.4) is 0 Å². The molecule has 2 aliphatic heterocycles. The maximum absolute atomic E-state index is 6.18. The van der Waals surface area contributed by atoms with E-state index in [1.165, 1.54) is 51.4 Å². The number of hydrogen-bond donors (Lipinski definition) is 1. The van der Waals surface area contributed by atoms with E-state index in [0.717, 1.165) is 23.4 Å². The fourth-order valence-electron chi connectivity index (χ4n) is 4.49. The van der Waals surface area contributed by atoms with E-state index >= 15 is 0 Å². The summed E-state index contributed by atoms with van der Waals surface area (Å²) in [5.41, 5.74) is 6.18. The molecule has 2 bridgehead atoms. The predicted octanol–water partition coefficient (Wildman–Crippen LogP) is 2.61. The highest BCUT2D eigenvalue weighted by Crippen LogP contribution is 2.42. The Morgan fingerprint density at radius 3 is 2.29 bits per heavy atom. The quantitative estimate of drug-likeness (QED) is 0.821. The summed E-state index contributed by atoms with van der Waals surface area (Å²) in [5, 5.41) is 0.890. The molecule has 0 amide bonds. The molecule has 0 aromatic rings. The number of piperidine rings is 1. The van der Waals surface area contributed by atoms with Gasteiger partial charge < -0.3 is 5.73 Å². The average Bonchev–Trinajstić information content (AvgIpc) is 2.61. The lowest BCUT2D eigenvalue weighted by Gasteiger charge is -2.47. The van der Waals surface area contributed by atoms with Crippen molar-refractivity contribution in [2.75, 3.05) is 6.26 Å². The summed E-state index contributed by atoms with van der Waals surface area (Å²) >= 11 is 2.11. The molecular weight excluding hydrogens is 228 g/mol. The fourth-order valence-corrected chi connectivity index (χ4v) is 5.48. The van der Waals surface area contributed by atoms with Crippen molar-refractivity contribution in [2.24, 2.45) is 5.73 Å². The second kappa shape index (κ2) is 5.10. The van der Waals surface area contributed by atoms with Crippen LogP contribution >= 0.6 is 11.8 Å². The normalized spacial score (nSPS) is 47.3. The smallest absolute Gasteiger partial charge is 0.0220 e. The van der Waals surface area contributed by atoms with E-state index in [9.17, 15) is 0 Å². The first-order valence-electron chi connectivity index (χ1n) is 7.35. The molecular formula is C14H26N2S. The van der Waals surface area contributed by atoms with Gasteiger partial charge in [0.05, 0.1) is 0 Å². The Bertz CT molecular complexity index is 257. The average molecular weight is 254 g/mol. The van der Waals surface area contributed by atoms with Crippen LogP contribution < -0.4 is 5.73 Å². The largest absolute Gasteiger partial charge is 0.328 e. The summed E-state index contributed by atoms with van der Waals surface area (Å²) in [6.07, 6.45) is 13.4. The molecule has 2 N–H and O–H groups in total. The van der Waals surface area contributed by atoms with E-state index in [0.29, 0.717) is 6.04 Å². The van der Waals surface area contributed by atoms with Gasteiger partial charge in [0, 0.05) is 29.4 Å². The molecule has 98 valence electrons. The maximum Gasteiger partial charge on any atom is 0.0220 e. The van der Waals surface area contributed by atoms with E-state index in [1.807, 2.05) is 0 Å². The third-order valence-electron chi connectivity index (χ3n) is 5.18. The Kier molecular flexibility index (Phi) is 3.69. The molecule has 0 aromatic carbocycles. The molecule has 3 fully saturated rings. The van der Waals surface area contributed by atoms with E-state index in [2.05, 4.69) is 22.9 Å². The minimum atomic E-state index is 0.486. The van der Waals surface area contributed by atoms with Gasteiger partial charge in [-0.2, -0.15) is 11.8 Å². The van der Waals surface area contributed by atoms with Gasteiger partial charge in [0.1, 0.15) is 0 Å². The van der Waals surface area contributed by atoms with E-state index < -0.39 is 0 Å². The third-order valence-corrected chi connectivity index (χ3v) is 6.33. The van der Waals surface area contributed by atoms with Crippen molar-refractivity contribution >= 4 is 11.8 Å². The number of nitrogens with two attached hydrogens (primary N) is 1. The van der Waals surface area contributed by atoms with Crippen LogP contribution in [0.1, 0.15) is 51.4 Å². The first-order valence-corrected chi connectivity index (χ1v) is 8.64. The Hall–Kier alpha value is 0.270. The summed E-state index contributed by atoms with van der Waals surface area (Å²) in [4.78, 5) is 2.91. The van der Waals surface area contributed by atoms with E-state index in [-0.39, 0.29) is 0 Å². The van der Waals surface area contributed by atoms with Gasteiger partial charge in [0.2, 0.25) is 0 Å². The highest BCUT2D eigenvalue weighted by atomic mass is 32.2. The van der Waals surface area contributed by atoms with Crippen LogP contribution in [0, 0.1) is 0 Å². The molecule has 2 heterocycles. The van der Waals surface area contributed by atoms with Crippen molar-refractivity contribution in [2.45, 2.75) is 80.8 Å². The molecule has 3 aliphatic rings. The van der Waals surface area contributed by atoms with Crippen LogP contribution in [-0.2, 0) is 0 Å². The molecule has 3 heteroatoms. The summed E-state index contributed by atoms with van der Waals surface area (Å²) in [6.45, 7) is 0. The monoisotopic (exact) mass is 254 g/mol. The van der Waals surface area contributed by atoms with Gasteiger partial charge in [-0.15, -0.1) is 0 Å². The van der Waals surface area contributed by atoms with Crippen molar-refractivity contribution < 1.29 is 0 Å². The first-order chi connectivity index (χ1) is 8.29. The zero-order valence-electron chi connectivity index (χ0n) is 11.0. The van der Waals surface area contributed by atoms with Gasteiger partial charge in [-0.05, 0) is 44.8 Å². The minimum Gasteiger partial charge on any atom is -0.328 e. The fraction of sp³-hybridized carbons (Fsp3) is 1.00. The number of rotatable bonds is 2. The van der Waals surface area contributed by atoms with Gasteiger partial charge in [-0.25, -0.2) is 0 Å². The minimum absolute atomic E-state index is 0.486. The zero-order valence-corrected chi connectivity index (χ0v) is 11.8. The topological polar surface area (TPSA) is 29.3 Å². The van der Waals surface area contributed by atoms with Gasteiger partial charge in [-0.1, -0.05) is 12.8 Å². The Morgan fingerprint density at radius 1 is 1.00 bits per heavy atom. The van der Waals surface area contributed by atoms with Crippen molar-refractivity contribution in [3.8, 4) is 0 Å². The zero-order chi connectivity index (χ0) is 11.8. The number of fused-ring (bicyclic) bond motifs is 2. The Labute approximate surface area is 110 Å². The van der Waals surface area contributed by atoms with Crippen LogP contribution in [0.4, 0.5) is 0 Å². The van der Waals surface area contributed by atoms with Crippen LogP contribution in [0.15, 0.2) is 0 Å². The maximum atomic E-state index is 6.18. The highest BCUT2D eigenvalue weighted by Gasteiger charge is 2.45.